The predicted octanol–water partition coefficient (Wildman–Crippen LogP) is 2.44. The van der Waals surface area contributed by atoms with E-state index in [-0.39, 0.29) is 36.2 Å². The first-order valence-corrected chi connectivity index (χ1v) is 9.90. The second kappa shape index (κ2) is 9.22. The van der Waals surface area contributed by atoms with Gasteiger partial charge in [0.25, 0.3) is 0 Å². The summed E-state index contributed by atoms with van der Waals surface area (Å²) in [5.74, 6) is 1.16. The lowest BCUT2D eigenvalue weighted by Gasteiger charge is -2.34. The second-order valence-corrected chi connectivity index (χ2v) is 8.04. The molecule has 0 spiro atoms. The van der Waals surface area contributed by atoms with Crippen LogP contribution < -0.4 is 5.32 Å². The monoisotopic (exact) mass is 371 g/mol. The third-order valence-electron chi connectivity index (χ3n) is 5.94. The van der Waals surface area contributed by atoms with Crippen molar-refractivity contribution in [1.82, 2.24) is 15.1 Å². The standard InChI is InChI=1S/C19H33N3O2.ClH/c1-3-4-14(2)22-13-16(11-18(22)23)19(24)21-9-7-17(8-10-21)20-12-15-5-6-15;/h14-17,20H,3-13H2,1-2H3;1H. The Kier molecular flexibility index (Phi) is 7.56. The lowest BCUT2D eigenvalue weighted by molar-refractivity contribution is -0.136. The quantitative estimate of drug-likeness (QED) is 0.747. The molecule has 2 unspecified atom stereocenters. The average Bonchev–Trinajstić information content (AvgIpc) is 3.33. The zero-order chi connectivity index (χ0) is 17.1. The highest BCUT2D eigenvalue weighted by Gasteiger charge is 2.38. The van der Waals surface area contributed by atoms with E-state index in [1.165, 1.54) is 12.8 Å². The Hall–Kier alpha value is -0.810. The fourth-order valence-corrected chi connectivity index (χ4v) is 4.11. The van der Waals surface area contributed by atoms with Crippen LogP contribution in [0.1, 0.15) is 58.8 Å². The van der Waals surface area contributed by atoms with Crippen molar-refractivity contribution in [3.05, 3.63) is 0 Å². The maximum atomic E-state index is 12.8. The van der Waals surface area contributed by atoms with Gasteiger partial charge in [-0.15, -0.1) is 12.4 Å². The molecule has 0 radical (unpaired) electrons. The molecule has 2 aliphatic heterocycles. The number of amides is 2. The highest BCUT2D eigenvalue weighted by molar-refractivity contribution is 5.89. The van der Waals surface area contributed by atoms with Crippen LogP contribution >= 0.6 is 12.4 Å². The first-order chi connectivity index (χ1) is 11.6. The highest BCUT2D eigenvalue weighted by atomic mass is 35.5. The zero-order valence-corrected chi connectivity index (χ0v) is 16.5. The van der Waals surface area contributed by atoms with Crippen molar-refractivity contribution in [2.24, 2.45) is 11.8 Å². The van der Waals surface area contributed by atoms with E-state index in [0.29, 0.717) is 19.0 Å². The predicted molar refractivity (Wildman–Crippen MR) is 102 cm³/mol. The Bertz CT molecular complexity index is 462. The van der Waals surface area contributed by atoms with Crippen molar-refractivity contribution in [2.75, 3.05) is 26.2 Å². The molecule has 1 N–H and O–H groups in total. The molecule has 5 nitrogen and oxygen atoms in total. The van der Waals surface area contributed by atoms with Crippen LogP contribution in [0.4, 0.5) is 0 Å². The van der Waals surface area contributed by atoms with Gasteiger partial charge in [-0.1, -0.05) is 13.3 Å². The second-order valence-electron chi connectivity index (χ2n) is 8.04. The van der Waals surface area contributed by atoms with Gasteiger partial charge in [0.2, 0.25) is 11.8 Å². The van der Waals surface area contributed by atoms with Gasteiger partial charge in [-0.25, -0.2) is 0 Å². The van der Waals surface area contributed by atoms with Crippen molar-refractivity contribution in [1.29, 1.82) is 0 Å². The molecule has 2 amide bonds. The van der Waals surface area contributed by atoms with Crippen LogP contribution in [0.3, 0.4) is 0 Å². The van der Waals surface area contributed by atoms with Gasteiger partial charge in [0.15, 0.2) is 0 Å². The van der Waals surface area contributed by atoms with Crippen LogP contribution in [0.2, 0.25) is 0 Å². The van der Waals surface area contributed by atoms with Crippen molar-refractivity contribution < 1.29 is 9.59 Å². The fraction of sp³-hybridized carbons (Fsp3) is 0.895. The molecule has 3 rings (SSSR count). The number of hydrogen-bond donors (Lipinski definition) is 1. The maximum absolute atomic E-state index is 12.8. The molecule has 3 aliphatic rings. The summed E-state index contributed by atoms with van der Waals surface area (Å²) in [5, 5.41) is 3.66. The van der Waals surface area contributed by atoms with Crippen LogP contribution in [0.25, 0.3) is 0 Å². The summed E-state index contributed by atoms with van der Waals surface area (Å²) in [6, 6.07) is 0.832. The number of piperidine rings is 1. The average molecular weight is 372 g/mol. The summed E-state index contributed by atoms with van der Waals surface area (Å²) in [6.07, 6.45) is 7.37. The van der Waals surface area contributed by atoms with Crippen molar-refractivity contribution in [3.8, 4) is 0 Å². The molecule has 0 aromatic heterocycles. The molecule has 144 valence electrons. The van der Waals surface area contributed by atoms with Crippen molar-refractivity contribution in [2.45, 2.75) is 70.9 Å². The molecule has 0 aromatic rings. The van der Waals surface area contributed by atoms with E-state index < -0.39 is 0 Å². The first-order valence-electron chi connectivity index (χ1n) is 9.90. The summed E-state index contributed by atoms with van der Waals surface area (Å²) in [5.41, 5.74) is 0. The molecule has 0 aromatic carbocycles. The van der Waals surface area contributed by atoms with Gasteiger partial charge in [0.05, 0.1) is 5.92 Å². The molecule has 1 aliphatic carbocycles. The normalized spacial score (nSPS) is 25.8. The van der Waals surface area contributed by atoms with Gasteiger partial charge in [-0.3, -0.25) is 9.59 Å². The van der Waals surface area contributed by atoms with Crippen molar-refractivity contribution >= 4 is 24.2 Å². The summed E-state index contributed by atoms with van der Waals surface area (Å²) in [6.45, 7) is 7.71. The third kappa shape index (κ3) is 5.33. The van der Waals surface area contributed by atoms with E-state index in [0.717, 1.165) is 51.2 Å². The van der Waals surface area contributed by atoms with Gasteiger partial charge in [0, 0.05) is 38.1 Å². The van der Waals surface area contributed by atoms with Gasteiger partial charge >= 0.3 is 0 Å². The number of carbonyl (C=O) groups excluding carboxylic acids is 2. The summed E-state index contributed by atoms with van der Waals surface area (Å²) < 4.78 is 0. The van der Waals surface area contributed by atoms with E-state index >= 15 is 0 Å². The minimum absolute atomic E-state index is 0. The molecule has 1 saturated carbocycles. The molecule has 6 heteroatoms. The van der Waals surface area contributed by atoms with Gasteiger partial charge in [-0.05, 0) is 51.5 Å². The SMILES string of the molecule is CCCC(C)N1CC(C(=O)N2CCC(NCC3CC3)CC2)CC1=O.Cl. The smallest absolute Gasteiger partial charge is 0.227 e. The van der Waals surface area contributed by atoms with E-state index in [1.807, 2.05) is 9.80 Å². The van der Waals surface area contributed by atoms with Crippen LogP contribution in [-0.2, 0) is 9.59 Å². The molecular formula is C19H34ClN3O2. The van der Waals surface area contributed by atoms with E-state index in [2.05, 4.69) is 19.2 Å². The molecule has 3 fully saturated rings. The van der Waals surface area contributed by atoms with Crippen molar-refractivity contribution in [3.63, 3.8) is 0 Å². The van der Waals surface area contributed by atoms with Crippen LogP contribution in [0, 0.1) is 11.8 Å². The molecule has 2 heterocycles. The number of rotatable bonds is 7. The number of nitrogens with one attached hydrogen (secondary N) is 1. The summed E-state index contributed by atoms with van der Waals surface area (Å²) >= 11 is 0. The minimum atomic E-state index is -0.118. The van der Waals surface area contributed by atoms with Crippen LogP contribution in [0.15, 0.2) is 0 Å². The maximum Gasteiger partial charge on any atom is 0.227 e. The molecule has 2 saturated heterocycles. The van der Waals surface area contributed by atoms with Crippen LogP contribution in [0.5, 0.6) is 0 Å². The Labute approximate surface area is 158 Å². The van der Waals surface area contributed by atoms with Gasteiger partial charge in [0.1, 0.15) is 0 Å². The lowest BCUT2D eigenvalue weighted by Crippen LogP contribution is -2.47. The number of carbonyl (C=O) groups is 2. The summed E-state index contributed by atoms with van der Waals surface area (Å²) in [4.78, 5) is 28.9. The Morgan fingerprint density at radius 1 is 1.24 bits per heavy atom. The lowest BCUT2D eigenvalue weighted by atomic mass is 10.0. The van der Waals surface area contributed by atoms with Gasteiger partial charge in [-0.2, -0.15) is 0 Å². The van der Waals surface area contributed by atoms with E-state index in [4.69, 9.17) is 0 Å². The zero-order valence-electron chi connectivity index (χ0n) is 15.7. The first kappa shape index (κ1) is 20.5. The topological polar surface area (TPSA) is 52.7 Å². The van der Waals surface area contributed by atoms with E-state index in [1.54, 1.807) is 0 Å². The number of halogens is 1. The third-order valence-corrected chi connectivity index (χ3v) is 5.94. The number of hydrogen-bond acceptors (Lipinski definition) is 3. The molecule has 25 heavy (non-hydrogen) atoms. The number of likely N-dealkylation sites (tertiary alicyclic amines) is 2. The number of nitrogens with zero attached hydrogens (tertiary/aromatic N) is 2. The Morgan fingerprint density at radius 3 is 2.52 bits per heavy atom. The fourth-order valence-electron chi connectivity index (χ4n) is 4.11. The van der Waals surface area contributed by atoms with E-state index in [9.17, 15) is 9.59 Å². The largest absolute Gasteiger partial charge is 0.342 e. The highest BCUT2D eigenvalue weighted by Crippen LogP contribution is 2.28. The Balaban J connectivity index is 0.00000225. The van der Waals surface area contributed by atoms with Gasteiger partial charge < -0.3 is 15.1 Å². The molecule has 2 atom stereocenters. The van der Waals surface area contributed by atoms with Crippen LogP contribution in [-0.4, -0.2) is 59.9 Å². The molecule has 0 bridgehead atoms. The molecular weight excluding hydrogens is 338 g/mol. The Morgan fingerprint density at radius 2 is 1.92 bits per heavy atom. The minimum Gasteiger partial charge on any atom is -0.342 e. The summed E-state index contributed by atoms with van der Waals surface area (Å²) in [7, 11) is 0.